The molecule has 2 fully saturated rings. The fraction of sp³-hybridized carbons (Fsp3) is 0.789. The standard InChI is InChI=1S/C19H34N6O2S.HI/c1-4-20-17(21-13-18(2,26)16-11-23-24(3)12-16)22-14-19(5-10-28-15-19)25-6-8-27-9-7-25;/h11-12,26H,4-10,13-15H2,1-3H3,(H2,20,21,22);1H. The van der Waals surface area contributed by atoms with Crippen molar-refractivity contribution in [2.45, 2.75) is 31.4 Å². The Bertz CT molecular complexity index is 657. The van der Waals surface area contributed by atoms with Crippen molar-refractivity contribution in [3.8, 4) is 0 Å². The smallest absolute Gasteiger partial charge is 0.191 e. The molecule has 2 saturated heterocycles. The summed E-state index contributed by atoms with van der Waals surface area (Å²) < 4.78 is 7.24. The summed E-state index contributed by atoms with van der Waals surface area (Å²) >= 11 is 2.02. The number of halogens is 1. The molecule has 3 N–H and O–H groups in total. The van der Waals surface area contributed by atoms with Crippen molar-refractivity contribution < 1.29 is 9.84 Å². The number of aromatic nitrogens is 2. The van der Waals surface area contributed by atoms with E-state index in [-0.39, 0.29) is 36.1 Å². The lowest BCUT2D eigenvalue weighted by Gasteiger charge is -2.43. The number of nitrogens with zero attached hydrogens (tertiary/aromatic N) is 4. The van der Waals surface area contributed by atoms with Gasteiger partial charge in [0.2, 0.25) is 0 Å². The Morgan fingerprint density at radius 1 is 1.41 bits per heavy atom. The molecule has 0 aliphatic carbocycles. The van der Waals surface area contributed by atoms with E-state index in [2.05, 4.69) is 32.5 Å². The number of rotatable bonds is 7. The minimum Gasteiger partial charge on any atom is -0.383 e. The second kappa shape index (κ2) is 11.2. The number of ether oxygens (including phenoxy) is 1. The predicted molar refractivity (Wildman–Crippen MR) is 129 cm³/mol. The number of aliphatic imine (C=N–C) groups is 1. The highest BCUT2D eigenvalue weighted by molar-refractivity contribution is 14.0. The Morgan fingerprint density at radius 2 is 2.17 bits per heavy atom. The first-order valence-corrected chi connectivity index (χ1v) is 11.2. The Hall–Kier alpha value is -0.560. The van der Waals surface area contributed by atoms with Gasteiger partial charge in [-0.25, -0.2) is 4.99 Å². The first-order valence-electron chi connectivity index (χ1n) is 10.1. The minimum absolute atomic E-state index is 0. The second-order valence-corrected chi connectivity index (χ2v) is 8.96. The van der Waals surface area contributed by atoms with Crippen LogP contribution in [-0.4, -0.2) is 88.7 Å². The highest BCUT2D eigenvalue weighted by Crippen LogP contribution is 2.33. The zero-order chi connectivity index (χ0) is 20.0. The average Bonchev–Trinajstić information content (AvgIpc) is 3.35. The molecule has 0 bridgehead atoms. The van der Waals surface area contributed by atoms with Gasteiger partial charge in [-0.2, -0.15) is 16.9 Å². The molecular formula is C19H35IN6O2S. The first kappa shape index (κ1) is 24.7. The average molecular weight is 539 g/mol. The topological polar surface area (TPSA) is 86.9 Å². The molecule has 2 aliphatic rings. The number of hydrogen-bond acceptors (Lipinski definition) is 6. The van der Waals surface area contributed by atoms with Crippen LogP contribution in [0.25, 0.3) is 0 Å². The van der Waals surface area contributed by atoms with Crippen molar-refractivity contribution in [2.75, 3.05) is 57.4 Å². The molecule has 2 aliphatic heterocycles. The quantitative estimate of drug-likeness (QED) is 0.272. The van der Waals surface area contributed by atoms with E-state index in [0.717, 1.165) is 56.7 Å². The van der Waals surface area contributed by atoms with E-state index in [9.17, 15) is 5.11 Å². The number of guanidine groups is 1. The molecule has 0 aromatic carbocycles. The summed E-state index contributed by atoms with van der Waals surface area (Å²) in [4.78, 5) is 7.25. The first-order chi connectivity index (χ1) is 13.5. The summed E-state index contributed by atoms with van der Waals surface area (Å²) in [6, 6.07) is 0. The molecule has 166 valence electrons. The monoisotopic (exact) mass is 538 g/mol. The summed E-state index contributed by atoms with van der Waals surface area (Å²) in [7, 11) is 1.85. The van der Waals surface area contributed by atoms with Crippen molar-refractivity contribution in [1.29, 1.82) is 0 Å². The van der Waals surface area contributed by atoms with Gasteiger partial charge in [-0.15, -0.1) is 24.0 Å². The molecule has 3 rings (SSSR count). The van der Waals surface area contributed by atoms with Crippen LogP contribution < -0.4 is 10.6 Å². The van der Waals surface area contributed by atoms with E-state index in [0.29, 0.717) is 0 Å². The molecule has 3 heterocycles. The van der Waals surface area contributed by atoms with E-state index < -0.39 is 5.60 Å². The van der Waals surface area contributed by atoms with Crippen LogP contribution in [0, 0.1) is 0 Å². The van der Waals surface area contributed by atoms with Gasteiger partial charge < -0.3 is 20.5 Å². The van der Waals surface area contributed by atoms with E-state index in [1.807, 2.05) is 25.0 Å². The minimum atomic E-state index is -1.05. The summed E-state index contributed by atoms with van der Waals surface area (Å²) in [5.41, 5.74) is -0.135. The highest BCUT2D eigenvalue weighted by Gasteiger charge is 2.40. The third-order valence-corrected chi connectivity index (χ3v) is 6.80. The molecule has 0 spiro atoms. The van der Waals surface area contributed by atoms with Crippen LogP contribution in [0.5, 0.6) is 0 Å². The van der Waals surface area contributed by atoms with Crippen LogP contribution in [0.3, 0.4) is 0 Å². The number of aliphatic hydroxyl groups is 1. The van der Waals surface area contributed by atoms with Gasteiger partial charge in [0.05, 0.1) is 26.0 Å². The molecule has 29 heavy (non-hydrogen) atoms. The number of aryl methyl sites for hydroxylation is 1. The highest BCUT2D eigenvalue weighted by atomic mass is 127. The van der Waals surface area contributed by atoms with Crippen LogP contribution in [0.4, 0.5) is 0 Å². The van der Waals surface area contributed by atoms with Crippen LogP contribution in [0.15, 0.2) is 17.4 Å². The number of morpholine rings is 1. The van der Waals surface area contributed by atoms with Gasteiger partial charge in [-0.05, 0) is 26.0 Å². The van der Waals surface area contributed by atoms with E-state index in [4.69, 9.17) is 4.74 Å². The Morgan fingerprint density at radius 3 is 2.76 bits per heavy atom. The Balaban J connectivity index is 0.00000300. The number of thioether (sulfide) groups is 1. The molecule has 0 amide bonds. The lowest BCUT2D eigenvalue weighted by molar-refractivity contribution is -0.0120. The molecule has 2 atom stereocenters. The van der Waals surface area contributed by atoms with Crippen LogP contribution in [-0.2, 0) is 17.4 Å². The fourth-order valence-electron chi connectivity index (χ4n) is 3.75. The number of nitrogens with one attached hydrogen (secondary N) is 2. The third kappa shape index (κ3) is 6.46. The normalized spacial score (nSPS) is 25.3. The van der Waals surface area contributed by atoms with E-state index >= 15 is 0 Å². The van der Waals surface area contributed by atoms with Crippen molar-refractivity contribution in [3.63, 3.8) is 0 Å². The lowest BCUT2D eigenvalue weighted by Crippen LogP contribution is -2.60. The van der Waals surface area contributed by atoms with Crippen LogP contribution in [0.2, 0.25) is 0 Å². The van der Waals surface area contributed by atoms with Crippen molar-refractivity contribution in [2.24, 2.45) is 12.0 Å². The molecular weight excluding hydrogens is 503 g/mol. The van der Waals surface area contributed by atoms with Crippen molar-refractivity contribution in [3.05, 3.63) is 18.0 Å². The Labute approximate surface area is 195 Å². The molecule has 0 saturated carbocycles. The van der Waals surface area contributed by atoms with Crippen LogP contribution >= 0.6 is 35.7 Å². The predicted octanol–water partition coefficient (Wildman–Crippen LogP) is 1.01. The van der Waals surface area contributed by atoms with Gasteiger partial charge in [0.25, 0.3) is 0 Å². The number of hydrogen-bond donors (Lipinski definition) is 3. The van der Waals surface area contributed by atoms with E-state index in [1.165, 1.54) is 12.2 Å². The summed E-state index contributed by atoms with van der Waals surface area (Å²) in [6.07, 6.45) is 4.70. The van der Waals surface area contributed by atoms with Gasteiger partial charge in [-0.1, -0.05) is 0 Å². The maximum atomic E-state index is 10.8. The molecule has 10 heteroatoms. The zero-order valence-electron chi connectivity index (χ0n) is 17.7. The zero-order valence-corrected chi connectivity index (χ0v) is 20.8. The molecule has 2 unspecified atom stereocenters. The van der Waals surface area contributed by atoms with Crippen LogP contribution in [0.1, 0.15) is 25.8 Å². The molecule has 8 nitrogen and oxygen atoms in total. The van der Waals surface area contributed by atoms with Gasteiger partial charge in [0, 0.05) is 56.3 Å². The largest absolute Gasteiger partial charge is 0.383 e. The maximum Gasteiger partial charge on any atom is 0.191 e. The summed E-state index contributed by atoms with van der Waals surface area (Å²) in [5, 5.41) is 21.8. The van der Waals surface area contributed by atoms with E-state index in [1.54, 1.807) is 17.8 Å². The van der Waals surface area contributed by atoms with Gasteiger partial charge >= 0.3 is 0 Å². The summed E-state index contributed by atoms with van der Waals surface area (Å²) in [5.74, 6) is 3.08. The molecule has 1 aromatic rings. The van der Waals surface area contributed by atoms with Gasteiger partial charge in [0.1, 0.15) is 5.60 Å². The summed E-state index contributed by atoms with van der Waals surface area (Å²) in [6.45, 7) is 9.34. The van der Waals surface area contributed by atoms with Gasteiger partial charge in [0.15, 0.2) is 5.96 Å². The molecule has 1 aromatic heterocycles. The van der Waals surface area contributed by atoms with Gasteiger partial charge in [-0.3, -0.25) is 9.58 Å². The maximum absolute atomic E-state index is 10.8. The Kier molecular flexibility index (Phi) is 9.52. The molecule has 0 radical (unpaired) electrons. The fourth-order valence-corrected chi connectivity index (χ4v) is 5.23. The SMILES string of the molecule is CCNC(=NCC(C)(O)c1cnn(C)c1)NCC1(N2CCOCC2)CCSC1.I. The van der Waals surface area contributed by atoms with Crippen molar-refractivity contribution >= 4 is 41.7 Å². The second-order valence-electron chi connectivity index (χ2n) is 7.85. The lowest BCUT2D eigenvalue weighted by atomic mass is 9.95. The third-order valence-electron chi connectivity index (χ3n) is 5.57. The van der Waals surface area contributed by atoms with Crippen molar-refractivity contribution in [1.82, 2.24) is 25.3 Å².